The molecule has 1 N–H and O–H groups in total. The Balaban J connectivity index is 1.84. The molecule has 2 aliphatic rings. The standard InChI is InChI=1S/C16H18N2O2/c1-10-11(7-17)3-2-4-15(10)16(19)12-5-13-8-20-9-14(6-12)18-13/h2-4,12-14,18H,5-6,8-9H2,1H3. The zero-order valence-electron chi connectivity index (χ0n) is 11.6. The molecular weight excluding hydrogens is 252 g/mol. The molecule has 3 rings (SSSR count). The van der Waals surface area contributed by atoms with E-state index in [0.717, 1.165) is 18.4 Å². The van der Waals surface area contributed by atoms with Gasteiger partial charge in [0.1, 0.15) is 0 Å². The Morgan fingerprint density at radius 2 is 2.05 bits per heavy atom. The number of benzene rings is 1. The summed E-state index contributed by atoms with van der Waals surface area (Å²) in [7, 11) is 0. The minimum atomic E-state index is 0.0443. The summed E-state index contributed by atoms with van der Waals surface area (Å²) in [6, 6.07) is 8.12. The molecule has 1 aromatic rings. The van der Waals surface area contributed by atoms with Crippen LogP contribution in [0.1, 0.15) is 34.3 Å². The van der Waals surface area contributed by atoms with Crippen LogP contribution in [0.4, 0.5) is 0 Å². The third-order valence-corrected chi connectivity index (χ3v) is 4.34. The van der Waals surface area contributed by atoms with Gasteiger partial charge in [-0.05, 0) is 31.4 Å². The van der Waals surface area contributed by atoms with Gasteiger partial charge in [-0.15, -0.1) is 0 Å². The zero-order valence-corrected chi connectivity index (χ0v) is 11.6. The largest absolute Gasteiger partial charge is 0.378 e. The minimum Gasteiger partial charge on any atom is -0.378 e. The Bertz CT molecular complexity index is 564. The number of nitriles is 1. The van der Waals surface area contributed by atoms with E-state index in [4.69, 9.17) is 10.00 Å². The van der Waals surface area contributed by atoms with E-state index in [1.807, 2.05) is 13.0 Å². The molecule has 2 heterocycles. The second kappa shape index (κ2) is 5.35. The van der Waals surface area contributed by atoms with Crippen molar-refractivity contribution in [2.45, 2.75) is 31.8 Å². The maximum Gasteiger partial charge on any atom is 0.166 e. The molecule has 4 heteroatoms. The molecule has 4 nitrogen and oxygen atoms in total. The van der Waals surface area contributed by atoms with Crippen molar-refractivity contribution in [3.63, 3.8) is 0 Å². The van der Waals surface area contributed by atoms with E-state index >= 15 is 0 Å². The molecule has 0 aromatic heterocycles. The lowest BCUT2D eigenvalue weighted by atomic mass is 9.81. The molecule has 2 aliphatic heterocycles. The maximum absolute atomic E-state index is 12.7. The average molecular weight is 270 g/mol. The van der Waals surface area contributed by atoms with Crippen molar-refractivity contribution in [2.75, 3.05) is 13.2 Å². The molecular formula is C16H18N2O2. The highest BCUT2D eigenvalue weighted by atomic mass is 16.5. The molecule has 2 fully saturated rings. The maximum atomic E-state index is 12.7. The number of carbonyl (C=O) groups excluding carboxylic acids is 1. The van der Waals surface area contributed by atoms with Crippen molar-refractivity contribution in [2.24, 2.45) is 5.92 Å². The van der Waals surface area contributed by atoms with Crippen LogP contribution in [0.15, 0.2) is 18.2 Å². The molecule has 20 heavy (non-hydrogen) atoms. The Kier molecular flexibility index (Phi) is 3.56. The molecule has 0 aliphatic carbocycles. The molecule has 2 bridgehead atoms. The summed E-state index contributed by atoms with van der Waals surface area (Å²) in [5.74, 6) is 0.223. The van der Waals surface area contributed by atoms with Crippen molar-refractivity contribution in [3.8, 4) is 6.07 Å². The highest BCUT2D eigenvalue weighted by molar-refractivity contribution is 5.99. The van der Waals surface area contributed by atoms with E-state index in [-0.39, 0.29) is 23.8 Å². The summed E-state index contributed by atoms with van der Waals surface area (Å²) in [4.78, 5) is 12.7. The van der Waals surface area contributed by atoms with E-state index in [0.29, 0.717) is 24.3 Å². The smallest absolute Gasteiger partial charge is 0.166 e. The third kappa shape index (κ3) is 2.35. The number of Topliss-reactive ketones (excluding diaryl/α,β-unsaturated/α-hetero) is 1. The van der Waals surface area contributed by atoms with E-state index in [2.05, 4.69) is 11.4 Å². The van der Waals surface area contributed by atoms with E-state index in [1.54, 1.807) is 12.1 Å². The summed E-state index contributed by atoms with van der Waals surface area (Å²) < 4.78 is 5.51. The second-order valence-corrected chi connectivity index (χ2v) is 5.72. The second-order valence-electron chi connectivity index (χ2n) is 5.72. The lowest BCUT2D eigenvalue weighted by molar-refractivity contribution is 0.00951. The van der Waals surface area contributed by atoms with Crippen LogP contribution in [-0.2, 0) is 4.74 Å². The number of hydrogen-bond donors (Lipinski definition) is 1. The van der Waals surface area contributed by atoms with Gasteiger partial charge in [-0.25, -0.2) is 0 Å². The topological polar surface area (TPSA) is 62.1 Å². The van der Waals surface area contributed by atoms with Crippen LogP contribution in [0, 0.1) is 24.2 Å². The lowest BCUT2D eigenvalue weighted by Gasteiger charge is -2.39. The number of ether oxygens (including phenoxy) is 1. The van der Waals surface area contributed by atoms with Gasteiger partial charge < -0.3 is 10.1 Å². The number of fused-ring (bicyclic) bond motifs is 2. The van der Waals surface area contributed by atoms with Gasteiger partial charge in [0.15, 0.2) is 5.78 Å². The number of morpholine rings is 1. The Hall–Kier alpha value is -1.70. The van der Waals surface area contributed by atoms with Crippen molar-refractivity contribution in [1.29, 1.82) is 5.26 Å². The van der Waals surface area contributed by atoms with Gasteiger partial charge in [0.05, 0.1) is 24.8 Å². The van der Waals surface area contributed by atoms with Crippen LogP contribution >= 0.6 is 0 Å². The van der Waals surface area contributed by atoms with Crippen LogP contribution in [0.3, 0.4) is 0 Å². The van der Waals surface area contributed by atoms with E-state index in [9.17, 15) is 4.79 Å². The van der Waals surface area contributed by atoms with Crippen LogP contribution in [-0.4, -0.2) is 31.1 Å². The molecule has 0 amide bonds. The van der Waals surface area contributed by atoms with E-state index in [1.165, 1.54) is 0 Å². The number of nitrogens with zero attached hydrogens (tertiary/aromatic N) is 1. The predicted octanol–water partition coefficient (Wildman–Crippen LogP) is 1.82. The third-order valence-electron chi connectivity index (χ3n) is 4.34. The van der Waals surface area contributed by atoms with Crippen molar-refractivity contribution >= 4 is 5.78 Å². The summed E-state index contributed by atoms with van der Waals surface area (Å²) in [5, 5.41) is 12.6. The Morgan fingerprint density at radius 3 is 2.70 bits per heavy atom. The highest BCUT2D eigenvalue weighted by Crippen LogP contribution is 2.28. The minimum absolute atomic E-state index is 0.0443. The van der Waals surface area contributed by atoms with Gasteiger partial charge in [0.25, 0.3) is 0 Å². The molecule has 104 valence electrons. The number of nitrogens with one attached hydrogen (secondary N) is 1. The SMILES string of the molecule is Cc1c(C#N)cccc1C(=O)C1CC2COCC(C1)N2. The molecule has 1 aromatic carbocycles. The quantitative estimate of drug-likeness (QED) is 0.833. The summed E-state index contributed by atoms with van der Waals surface area (Å²) in [6.45, 7) is 3.24. The summed E-state index contributed by atoms with van der Waals surface area (Å²) in [5.41, 5.74) is 2.10. The molecule has 0 radical (unpaired) electrons. The number of rotatable bonds is 2. The van der Waals surface area contributed by atoms with Crippen LogP contribution in [0.5, 0.6) is 0 Å². The Labute approximate surface area is 118 Å². The normalized spacial score (nSPS) is 28.7. The number of carbonyl (C=O) groups is 1. The predicted molar refractivity (Wildman–Crippen MR) is 74.5 cm³/mol. The van der Waals surface area contributed by atoms with E-state index < -0.39 is 0 Å². The fourth-order valence-electron chi connectivity index (χ4n) is 3.30. The molecule has 2 unspecified atom stereocenters. The molecule has 2 atom stereocenters. The zero-order chi connectivity index (χ0) is 14.1. The lowest BCUT2D eigenvalue weighted by Crippen LogP contribution is -2.55. The first-order valence-electron chi connectivity index (χ1n) is 7.06. The summed E-state index contributed by atoms with van der Waals surface area (Å²) in [6.07, 6.45) is 1.65. The highest BCUT2D eigenvalue weighted by Gasteiger charge is 2.35. The van der Waals surface area contributed by atoms with Gasteiger partial charge in [0.2, 0.25) is 0 Å². The van der Waals surface area contributed by atoms with Gasteiger partial charge in [-0.2, -0.15) is 5.26 Å². The van der Waals surface area contributed by atoms with Crippen molar-refractivity contribution in [1.82, 2.24) is 5.32 Å². The van der Waals surface area contributed by atoms with Gasteiger partial charge >= 0.3 is 0 Å². The fourth-order valence-corrected chi connectivity index (χ4v) is 3.30. The summed E-state index contributed by atoms with van der Waals surface area (Å²) >= 11 is 0. The molecule has 2 saturated heterocycles. The van der Waals surface area contributed by atoms with Crippen molar-refractivity contribution in [3.05, 3.63) is 34.9 Å². The van der Waals surface area contributed by atoms with Crippen LogP contribution < -0.4 is 5.32 Å². The van der Waals surface area contributed by atoms with Crippen molar-refractivity contribution < 1.29 is 9.53 Å². The first kappa shape index (κ1) is 13.3. The van der Waals surface area contributed by atoms with Crippen LogP contribution in [0.25, 0.3) is 0 Å². The number of piperidine rings is 1. The number of hydrogen-bond acceptors (Lipinski definition) is 4. The molecule has 0 spiro atoms. The number of ketones is 1. The van der Waals surface area contributed by atoms with Gasteiger partial charge in [-0.3, -0.25) is 4.79 Å². The van der Waals surface area contributed by atoms with Gasteiger partial charge in [-0.1, -0.05) is 12.1 Å². The average Bonchev–Trinajstić information content (AvgIpc) is 2.46. The van der Waals surface area contributed by atoms with Crippen LogP contribution in [0.2, 0.25) is 0 Å². The molecule has 0 saturated carbocycles. The first-order valence-corrected chi connectivity index (χ1v) is 7.06. The Morgan fingerprint density at radius 1 is 1.35 bits per heavy atom. The monoisotopic (exact) mass is 270 g/mol. The first-order chi connectivity index (χ1) is 9.69. The fraction of sp³-hybridized carbons (Fsp3) is 0.500. The van der Waals surface area contributed by atoms with Gasteiger partial charge in [0, 0.05) is 23.6 Å².